The molecular weight excluding hydrogens is 290 g/mol. The number of benzene rings is 1. The molecule has 0 aromatic heterocycles. The van der Waals surface area contributed by atoms with E-state index in [0.717, 1.165) is 30.6 Å². The molecule has 1 saturated carbocycles. The number of amides is 1. The summed E-state index contributed by atoms with van der Waals surface area (Å²) < 4.78 is 5.46. The van der Waals surface area contributed by atoms with Crippen LogP contribution in [0.25, 0.3) is 0 Å². The Balaban J connectivity index is 2.04. The fraction of sp³-hybridized carbons (Fsp3) is 0.611. The molecule has 1 fully saturated rings. The Hall–Kier alpha value is -1.59. The first kappa shape index (κ1) is 17.8. The van der Waals surface area contributed by atoms with Crippen LogP contribution in [0.5, 0.6) is 5.75 Å². The molecule has 1 amide bonds. The summed E-state index contributed by atoms with van der Waals surface area (Å²) in [5.41, 5.74) is 6.88. The minimum Gasteiger partial charge on any atom is -0.496 e. The van der Waals surface area contributed by atoms with Crippen molar-refractivity contribution >= 4 is 5.91 Å². The Morgan fingerprint density at radius 3 is 2.78 bits per heavy atom. The summed E-state index contributed by atoms with van der Waals surface area (Å²) in [5, 5.41) is 3.13. The van der Waals surface area contributed by atoms with E-state index in [-0.39, 0.29) is 17.9 Å². The van der Waals surface area contributed by atoms with Crippen molar-refractivity contribution in [2.24, 2.45) is 17.6 Å². The molecule has 5 nitrogen and oxygen atoms in total. The van der Waals surface area contributed by atoms with Crippen molar-refractivity contribution < 1.29 is 9.53 Å². The Bertz CT molecular complexity index is 519. The van der Waals surface area contributed by atoms with E-state index in [1.54, 1.807) is 7.11 Å². The molecule has 1 unspecified atom stereocenters. The third kappa shape index (κ3) is 4.24. The van der Waals surface area contributed by atoms with Gasteiger partial charge in [0, 0.05) is 18.0 Å². The van der Waals surface area contributed by atoms with Crippen molar-refractivity contribution in [2.45, 2.75) is 25.3 Å². The summed E-state index contributed by atoms with van der Waals surface area (Å²) in [4.78, 5) is 14.6. The minimum absolute atomic E-state index is 0.0699. The first-order valence-corrected chi connectivity index (χ1v) is 8.35. The summed E-state index contributed by atoms with van der Waals surface area (Å²) in [6.45, 7) is 1.17. The van der Waals surface area contributed by atoms with E-state index >= 15 is 0 Å². The van der Waals surface area contributed by atoms with Crippen LogP contribution in [0.1, 0.15) is 30.9 Å². The number of rotatable bonds is 7. The molecule has 0 radical (unpaired) electrons. The highest BCUT2D eigenvalue weighted by Gasteiger charge is 2.32. The van der Waals surface area contributed by atoms with Gasteiger partial charge >= 0.3 is 0 Å². The molecule has 5 heteroatoms. The maximum Gasteiger partial charge on any atom is 0.223 e. The number of nitrogens with two attached hydrogens (primary N) is 1. The van der Waals surface area contributed by atoms with E-state index in [1.807, 2.05) is 38.4 Å². The highest BCUT2D eigenvalue weighted by molar-refractivity contribution is 5.79. The van der Waals surface area contributed by atoms with Crippen LogP contribution >= 0.6 is 0 Å². The molecule has 0 saturated heterocycles. The van der Waals surface area contributed by atoms with Gasteiger partial charge in [-0.15, -0.1) is 0 Å². The molecule has 0 bridgehead atoms. The lowest BCUT2D eigenvalue weighted by atomic mass is 9.95. The quantitative estimate of drug-likeness (QED) is 0.804. The SMILES string of the molecule is COc1ccccc1C(CNC(=O)[C@@H]1CCC[C@@H]1CN)N(C)C. The first-order chi connectivity index (χ1) is 11.1. The lowest BCUT2D eigenvalue weighted by Crippen LogP contribution is -2.39. The number of likely N-dealkylation sites (N-methyl/N-ethyl adjacent to an activating group) is 1. The molecule has 3 atom stereocenters. The number of carbonyl (C=O) groups is 1. The van der Waals surface area contributed by atoms with Gasteiger partial charge in [0.2, 0.25) is 5.91 Å². The van der Waals surface area contributed by atoms with Gasteiger partial charge in [0.1, 0.15) is 5.75 Å². The van der Waals surface area contributed by atoms with E-state index in [2.05, 4.69) is 10.2 Å². The standard InChI is InChI=1S/C18H29N3O2/c1-21(2)16(15-8-4-5-10-17(15)23-3)12-20-18(22)14-9-6-7-13(14)11-19/h4-5,8,10,13-14,16H,6-7,9,11-12,19H2,1-3H3,(H,20,22)/t13-,14-,16?/m1/s1. The molecular formula is C18H29N3O2. The smallest absolute Gasteiger partial charge is 0.223 e. The predicted octanol–water partition coefficient (Wildman–Crippen LogP) is 1.79. The molecule has 23 heavy (non-hydrogen) atoms. The number of para-hydroxylation sites is 1. The Morgan fingerprint density at radius 1 is 1.39 bits per heavy atom. The molecule has 0 heterocycles. The topological polar surface area (TPSA) is 67.6 Å². The zero-order valence-electron chi connectivity index (χ0n) is 14.4. The lowest BCUT2D eigenvalue weighted by molar-refractivity contribution is -0.126. The van der Waals surface area contributed by atoms with Crippen molar-refractivity contribution in [2.75, 3.05) is 34.3 Å². The second kappa shape index (κ2) is 8.31. The normalized spacial score (nSPS) is 22.1. The Labute approximate surface area is 139 Å². The van der Waals surface area contributed by atoms with Crippen molar-refractivity contribution in [3.8, 4) is 5.75 Å². The van der Waals surface area contributed by atoms with Gasteiger partial charge in [-0.1, -0.05) is 24.6 Å². The molecule has 0 spiro atoms. The molecule has 2 rings (SSSR count). The van der Waals surface area contributed by atoms with Gasteiger partial charge in [-0.05, 0) is 45.5 Å². The van der Waals surface area contributed by atoms with E-state index in [9.17, 15) is 4.79 Å². The fourth-order valence-corrected chi connectivity index (χ4v) is 3.50. The van der Waals surface area contributed by atoms with Crippen molar-refractivity contribution in [3.63, 3.8) is 0 Å². The van der Waals surface area contributed by atoms with Crippen LogP contribution in [0, 0.1) is 11.8 Å². The number of nitrogens with one attached hydrogen (secondary N) is 1. The van der Waals surface area contributed by atoms with Gasteiger partial charge in [-0.2, -0.15) is 0 Å². The molecule has 128 valence electrons. The van der Waals surface area contributed by atoms with Crippen LogP contribution in [-0.4, -0.2) is 45.1 Å². The summed E-state index contributed by atoms with van der Waals surface area (Å²) >= 11 is 0. The third-order valence-corrected chi connectivity index (χ3v) is 4.89. The summed E-state index contributed by atoms with van der Waals surface area (Å²) in [7, 11) is 5.71. The van der Waals surface area contributed by atoms with Crippen LogP contribution in [0.4, 0.5) is 0 Å². The largest absolute Gasteiger partial charge is 0.496 e. The lowest BCUT2D eigenvalue weighted by Gasteiger charge is -2.27. The van der Waals surface area contributed by atoms with Gasteiger partial charge in [-0.3, -0.25) is 4.79 Å². The van der Waals surface area contributed by atoms with Crippen molar-refractivity contribution in [1.82, 2.24) is 10.2 Å². The highest BCUT2D eigenvalue weighted by atomic mass is 16.5. The van der Waals surface area contributed by atoms with Gasteiger partial charge in [0.25, 0.3) is 0 Å². The average molecular weight is 319 g/mol. The average Bonchev–Trinajstić information content (AvgIpc) is 3.03. The van der Waals surface area contributed by atoms with Crippen molar-refractivity contribution in [3.05, 3.63) is 29.8 Å². The summed E-state index contributed by atoms with van der Waals surface area (Å²) in [6.07, 6.45) is 3.12. The number of hydrogen-bond donors (Lipinski definition) is 2. The molecule has 1 aliphatic rings. The van der Waals surface area contributed by atoms with E-state index in [0.29, 0.717) is 19.0 Å². The van der Waals surface area contributed by atoms with Crippen LogP contribution in [0.15, 0.2) is 24.3 Å². The molecule has 3 N–H and O–H groups in total. The highest BCUT2D eigenvalue weighted by Crippen LogP contribution is 2.31. The zero-order chi connectivity index (χ0) is 16.8. The predicted molar refractivity (Wildman–Crippen MR) is 92.3 cm³/mol. The molecule has 0 aliphatic heterocycles. The van der Waals surface area contributed by atoms with Gasteiger partial charge < -0.3 is 20.7 Å². The van der Waals surface area contributed by atoms with Gasteiger partial charge in [0.05, 0.1) is 13.2 Å². The number of nitrogens with zero attached hydrogens (tertiary/aromatic N) is 1. The van der Waals surface area contributed by atoms with Gasteiger partial charge in [-0.25, -0.2) is 0 Å². The molecule has 1 aromatic rings. The van der Waals surface area contributed by atoms with Gasteiger partial charge in [0.15, 0.2) is 0 Å². The second-order valence-electron chi connectivity index (χ2n) is 6.50. The van der Waals surface area contributed by atoms with Crippen molar-refractivity contribution in [1.29, 1.82) is 0 Å². The molecule has 1 aliphatic carbocycles. The number of carbonyl (C=O) groups excluding carboxylic acids is 1. The minimum atomic E-state index is 0.0699. The van der Waals surface area contributed by atoms with E-state index in [1.165, 1.54) is 0 Å². The zero-order valence-corrected chi connectivity index (χ0v) is 14.4. The van der Waals surface area contributed by atoms with Crippen LogP contribution in [0.3, 0.4) is 0 Å². The second-order valence-corrected chi connectivity index (χ2v) is 6.50. The third-order valence-electron chi connectivity index (χ3n) is 4.89. The Morgan fingerprint density at radius 2 is 2.13 bits per heavy atom. The maximum absolute atomic E-state index is 12.5. The summed E-state index contributed by atoms with van der Waals surface area (Å²) in [5.74, 6) is 1.39. The van der Waals surface area contributed by atoms with E-state index in [4.69, 9.17) is 10.5 Å². The number of ether oxygens (including phenoxy) is 1. The van der Waals surface area contributed by atoms with Crippen LogP contribution < -0.4 is 15.8 Å². The fourth-order valence-electron chi connectivity index (χ4n) is 3.50. The number of hydrogen-bond acceptors (Lipinski definition) is 4. The van der Waals surface area contributed by atoms with E-state index < -0.39 is 0 Å². The van der Waals surface area contributed by atoms with Crippen LogP contribution in [0.2, 0.25) is 0 Å². The number of methoxy groups -OCH3 is 1. The van der Waals surface area contributed by atoms with Crippen LogP contribution in [-0.2, 0) is 4.79 Å². The Kier molecular flexibility index (Phi) is 6.42. The molecule has 1 aromatic carbocycles. The summed E-state index contributed by atoms with van der Waals surface area (Å²) in [6, 6.07) is 8.03. The maximum atomic E-state index is 12.5. The monoisotopic (exact) mass is 319 g/mol. The first-order valence-electron chi connectivity index (χ1n) is 8.35.